The van der Waals surface area contributed by atoms with Gasteiger partial charge in [-0.3, -0.25) is 0 Å². The summed E-state index contributed by atoms with van der Waals surface area (Å²) in [5, 5.41) is 7.45. The number of benzene rings is 8. The fourth-order valence-electron chi connectivity index (χ4n) is 8.30. The fourth-order valence-corrected chi connectivity index (χ4v) is 11.8. The number of rotatable bonds is 5. The molecule has 4 heterocycles. The molecule has 266 valence electrons. The van der Waals surface area contributed by atoms with Crippen molar-refractivity contribution >= 4 is 94.5 Å². The molecule has 0 atom stereocenters. The third-order valence-corrected chi connectivity index (χ3v) is 14.5. The van der Waals surface area contributed by atoms with Crippen LogP contribution in [-0.2, 0) is 0 Å². The van der Waals surface area contributed by atoms with Gasteiger partial charge in [-0.1, -0.05) is 146 Å². The zero-order valence-electron chi connectivity index (χ0n) is 30.3. The van der Waals surface area contributed by atoms with Crippen LogP contribution in [0.15, 0.2) is 176 Å². The summed E-state index contributed by atoms with van der Waals surface area (Å²) in [6, 6.07) is 63.1. The maximum atomic E-state index is 5.29. The number of nitrogens with zero attached hydrogens (tertiary/aromatic N) is 3. The van der Waals surface area contributed by atoms with Gasteiger partial charge in [-0.2, -0.15) is 0 Å². The summed E-state index contributed by atoms with van der Waals surface area (Å²) < 4.78 is 7.61. The first-order valence-electron chi connectivity index (χ1n) is 18.9. The van der Waals surface area contributed by atoms with Crippen molar-refractivity contribution in [3.05, 3.63) is 176 Å². The van der Waals surface area contributed by atoms with Gasteiger partial charge in [0.15, 0.2) is 17.5 Å². The predicted molar refractivity (Wildman–Crippen MR) is 246 cm³/mol. The van der Waals surface area contributed by atoms with Gasteiger partial charge in [0.1, 0.15) is 0 Å². The molecule has 0 aliphatic carbocycles. The highest BCUT2D eigenvalue weighted by atomic mass is 32.1. The van der Waals surface area contributed by atoms with Crippen LogP contribution in [-0.4, -0.2) is 15.0 Å². The number of thiophene rings is 3. The molecule has 0 aliphatic rings. The van der Waals surface area contributed by atoms with Crippen molar-refractivity contribution in [3.63, 3.8) is 0 Å². The smallest absolute Gasteiger partial charge is 0.164 e. The number of hydrogen-bond acceptors (Lipinski definition) is 6. The largest absolute Gasteiger partial charge is 0.208 e. The quantitative estimate of drug-likeness (QED) is 0.175. The monoisotopic (exact) mass is 779 g/mol. The molecular formula is C51H29N3S3. The molecule has 0 spiro atoms. The van der Waals surface area contributed by atoms with E-state index >= 15 is 0 Å². The van der Waals surface area contributed by atoms with Crippen molar-refractivity contribution in [2.45, 2.75) is 0 Å². The van der Waals surface area contributed by atoms with E-state index in [1.54, 1.807) is 22.7 Å². The van der Waals surface area contributed by atoms with Gasteiger partial charge in [0.25, 0.3) is 0 Å². The lowest BCUT2D eigenvalue weighted by atomic mass is 9.98. The van der Waals surface area contributed by atoms with E-state index in [1.165, 1.54) is 71.6 Å². The van der Waals surface area contributed by atoms with Crippen LogP contribution in [0.25, 0.3) is 117 Å². The normalized spacial score (nSPS) is 11.9. The molecule has 0 radical (unpaired) electrons. The van der Waals surface area contributed by atoms with E-state index in [9.17, 15) is 0 Å². The second-order valence-electron chi connectivity index (χ2n) is 14.3. The molecule has 3 nitrogen and oxygen atoms in total. The third-order valence-electron chi connectivity index (χ3n) is 11.0. The van der Waals surface area contributed by atoms with Gasteiger partial charge in [-0.05, 0) is 52.6 Å². The Balaban J connectivity index is 0.973. The van der Waals surface area contributed by atoms with Crippen LogP contribution >= 0.6 is 34.0 Å². The first-order valence-corrected chi connectivity index (χ1v) is 21.4. The van der Waals surface area contributed by atoms with E-state index < -0.39 is 0 Å². The van der Waals surface area contributed by atoms with E-state index in [0.717, 1.165) is 27.8 Å². The molecule has 4 aromatic heterocycles. The Kier molecular flexibility index (Phi) is 7.45. The molecule has 0 unspecified atom stereocenters. The average molecular weight is 780 g/mol. The maximum Gasteiger partial charge on any atom is 0.164 e. The molecule has 0 N–H and O–H groups in total. The van der Waals surface area contributed by atoms with E-state index in [0.29, 0.717) is 17.5 Å². The van der Waals surface area contributed by atoms with Crippen molar-refractivity contribution in [1.82, 2.24) is 15.0 Å². The predicted octanol–water partition coefficient (Wildman–Crippen LogP) is 15.3. The van der Waals surface area contributed by atoms with Gasteiger partial charge < -0.3 is 0 Å². The molecule has 0 fully saturated rings. The Bertz CT molecular complexity index is 3390. The highest BCUT2D eigenvalue weighted by Gasteiger charge is 2.19. The molecule has 0 bridgehead atoms. The molecule has 0 aliphatic heterocycles. The van der Waals surface area contributed by atoms with Crippen molar-refractivity contribution in [2.24, 2.45) is 0 Å². The van der Waals surface area contributed by atoms with E-state index in [2.05, 4.69) is 176 Å². The zero-order valence-corrected chi connectivity index (χ0v) is 32.8. The van der Waals surface area contributed by atoms with Gasteiger partial charge in [-0.25, -0.2) is 15.0 Å². The van der Waals surface area contributed by atoms with Crippen molar-refractivity contribution < 1.29 is 0 Å². The number of aromatic nitrogens is 3. The van der Waals surface area contributed by atoms with Crippen molar-refractivity contribution in [3.8, 4) is 56.4 Å². The molecule has 0 amide bonds. The van der Waals surface area contributed by atoms with E-state index in [4.69, 9.17) is 15.0 Å². The van der Waals surface area contributed by atoms with Crippen LogP contribution in [0, 0.1) is 0 Å². The Labute approximate surface area is 339 Å². The number of hydrogen-bond donors (Lipinski definition) is 0. The van der Waals surface area contributed by atoms with Gasteiger partial charge in [-0.15, -0.1) is 34.0 Å². The minimum absolute atomic E-state index is 0.654. The minimum atomic E-state index is 0.654. The lowest BCUT2D eigenvalue weighted by molar-refractivity contribution is 1.08. The SMILES string of the molecule is c1ccc2c(c1)sc1c(-c3ccc(-c4ccc(-c5nc(-c6cccc7sc8ccccc8c67)nc(-c6cccc7sc8ccccc8c67)n5)cc4)cc3)cccc12. The van der Waals surface area contributed by atoms with Gasteiger partial charge in [0, 0.05) is 77.2 Å². The summed E-state index contributed by atoms with van der Waals surface area (Å²) in [5.41, 5.74) is 7.78. The molecule has 6 heteroatoms. The number of fused-ring (bicyclic) bond motifs is 9. The first kappa shape index (κ1) is 32.7. The van der Waals surface area contributed by atoms with Gasteiger partial charge >= 0.3 is 0 Å². The second kappa shape index (κ2) is 13.0. The van der Waals surface area contributed by atoms with E-state index in [1.807, 2.05) is 11.3 Å². The van der Waals surface area contributed by atoms with Crippen LogP contribution in [0.2, 0.25) is 0 Å². The second-order valence-corrected chi connectivity index (χ2v) is 17.5. The Morgan fingerprint density at radius 1 is 0.263 bits per heavy atom. The van der Waals surface area contributed by atoms with Crippen LogP contribution in [0.5, 0.6) is 0 Å². The summed E-state index contributed by atoms with van der Waals surface area (Å²) in [6.07, 6.45) is 0. The van der Waals surface area contributed by atoms with Crippen LogP contribution < -0.4 is 0 Å². The molecule has 0 saturated heterocycles. The first-order chi connectivity index (χ1) is 28.2. The Morgan fingerprint density at radius 2 is 0.667 bits per heavy atom. The summed E-state index contributed by atoms with van der Waals surface area (Å²) in [7, 11) is 0. The van der Waals surface area contributed by atoms with Gasteiger partial charge in [0.05, 0.1) is 0 Å². The van der Waals surface area contributed by atoms with Gasteiger partial charge in [0.2, 0.25) is 0 Å². The molecule has 0 saturated carbocycles. The molecular weight excluding hydrogens is 751 g/mol. The topological polar surface area (TPSA) is 38.7 Å². The van der Waals surface area contributed by atoms with Crippen LogP contribution in [0.1, 0.15) is 0 Å². The van der Waals surface area contributed by atoms with E-state index in [-0.39, 0.29) is 0 Å². The summed E-state index contributed by atoms with van der Waals surface area (Å²) in [4.78, 5) is 15.8. The Hall–Kier alpha value is -6.57. The summed E-state index contributed by atoms with van der Waals surface area (Å²) in [5.74, 6) is 2.00. The van der Waals surface area contributed by atoms with Crippen molar-refractivity contribution in [2.75, 3.05) is 0 Å². The molecule has 12 aromatic rings. The lowest BCUT2D eigenvalue weighted by Gasteiger charge is -2.11. The van der Waals surface area contributed by atoms with Crippen molar-refractivity contribution in [1.29, 1.82) is 0 Å². The van der Waals surface area contributed by atoms with Crippen LogP contribution in [0.4, 0.5) is 0 Å². The molecule has 12 rings (SSSR count). The summed E-state index contributed by atoms with van der Waals surface area (Å²) in [6.45, 7) is 0. The maximum absolute atomic E-state index is 5.29. The fraction of sp³-hybridized carbons (Fsp3) is 0. The third kappa shape index (κ3) is 5.33. The standard InChI is InChI=1S/C51H29N3S3/c1-4-17-41-35(10-1)36-14-7-13-34(48(36)57-41)32-26-22-30(23-27-32)31-24-28-33(29-25-31)49-52-50(39-15-8-20-44-46(39)37-11-2-5-18-42(37)55-44)54-51(53-49)40-16-9-21-45-47(40)38-12-3-6-19-43(38)56-45/h1-29H. The highest BCUT2D eigenvalue weighted by molar-refractivity contribution is 7.27. The lowest BCUT2D eigenvalue weighted by Crippen LogP contribution is -2.00. The zero-order chi connectivity index (χ0) is 37.5. The Morgan fingerprint density at radius 3 is 1.25 bits per heavy atom. The molecule has 8 aromatic carbocycles. The molecule has 57 heavy (non-hydrogen) atoms. The van der Waals surface area contributed by atoms with Crippen LogP contribution in [0.3, 0.4) is 0 Å². The minimum Gasteiger partial charge on any atom is -0.208 e. The average Bonchev–Trinajstić information content (AvgIpc) is 3.98. The summed E-state index contributed by atoms with van der Waals surface area (Å²) >= 11 is 5.48. The highest BCUT2D eigenvalue weighted by Crippen LogP contribution is 2.43.